The molecule has 2 atom stereocenters. The first-order valence-corrected chi connectivity index (χ1v) is 6.15. The van der Waals surface area contributed by atoms with E-state index in [0.717, 1.165) is 25.7 Å². The Morgan fingerprint density at radius 3 is 2.82 bits per heavy atom. The normalized spacial score (nSPS) is 24.4. The molecular weight excluding hydrogens is 240 g/mol. The van der Waals surface area contributed by atoms with Crippen molar-refractivity contribution in [3.05, 3.63) is 29.0 Å². The minimum Gasteiger partial charge on any atom is -0.391 e. The standard InChI is InChI=1S/C12H15ClN2O2/c13-11-6-5-8(7-14-11)12(17)15-9-3-1-2-4-10(9)16/h5-7,9-10,16H,1-4H2,(H,15,17). The molecular formula is C12H15ClN2O2. The topological polar surface area (TPSA) is 62.2 Å². The lowest BCUT2D eigenvalue weighted by Gasteiger charge is -2.28. The Hall–Kier alpha value is -1.13. The van der Waals surface area contributed by atoms with E-state index in [1.165, 1.54) is 6.20 Å². The van der Waals surface area contributed by atoms with Crippen LogP contribution in [0.3, 0.4) is 0 Å². The van der Waals surface area contributed by atoms with E-state index >= 15 is 0 Å². The Kier molecular flexibility index (Phi) is 3.97. The van der Waals surface area contributed by atoms with E-state index in [0.29, 0.717) is 10.7 Å². The molecule has 17 heavy (non-hydrogen) atoms. The molecule has 1 aromatic rings. The number of amides is 1. The fraction of sp³-hybridized carbons (Fsp3) is 0.500. The molecule has 4 nitrogen and oxygen atoms in total. The zero-order valence-corrected chi connectivity index (χ0v) is 10.2. The molecule has 0 bridgehead atoms. The van der Waals surface area contributed by atoms with Crippen LogP contribution in [0.2, 0.25) is 5.15 Å². The molecule has 2 N–H and O–H groups in total. The van der Waals surface area contributed by atoms with Crippen molar-refractivity contribution in [2.24, 2.45) is 0 Å². The summed E-state index contributed by atoms with van der Waals surface area (Å²) in [7, 11) is 0. The summed E-state index contributed by atoms with van der Waals surface area (Å²) in [5.41, 5.74) is 0.465. The smallest absolute Gasteiger partial charge is 0.253 e. The molecule has 0 aliphatic heterocycles. The number of carbonyl (C=O) groups is 1. The number of aromatic nitrogens is 1. The van der Waals surface area contributed by atoms with Gasteiger partial charge in [-0.2, -0.15) is 0 Å². The Labute approximate surface area is 105 Å². The number of pyridine rings is 1. The fourth-order valence-corrected chi connectivity index (χ4v) is 2.15. The quantitative estimate of drug-likeness (QED) is 0.791. The average Bonchev–Trinajstić information content (AvgIpc) is 2.33. The Morgan fingerprint density at radius 1 is 1.41 bits per heavy atom. The minimum absolute atomic E-state index is 0.146. The van der Waals surface area contributed by atoms with Crippen LogP contribution in [0.5, 0.6) is 0 Å². The van der Waals surface area contributed by atoms with Crippen molar-refractivity contribution >= 4 is 17.5 Å². The second-order valence-corrected chi connectivity index (χ2v) is 4.69. The summed E-state index contributed by atoms with van der Waals surface area (Å²) in [6.45, 7) is 0. The van der Waals surface area contributed by atoms with E-state index in [2.05, 4.69) is 10.3 Å². The van der Waals surface area contributed by atoms with E-state index < -0.39 is 6.10 Å². The summed E-state index contributed by atoms with van der Waals surface area (Å²) in [5.74, 6) is -0.208. The molecule has 1 aliphatic rings. The van der Waals surface area contributed by atoms with Crippen LogP contribution in [0.4, 0.5) is 0 Å². The maximum Gasteiger partial charge on any atom is 0.253 e. The maximum absolute atomic E-state index is 11.9. The molecule has 0 radical (unpaired) electrons. The Morgan fingerprint density at radius 2 is 2.18 bits per heavy atom. The van der Waals surface area contributed by atoms with Crippen molar-refractivity contribution in [2.75, 3.05) is 0 Å². The summed E-state index contributed by atoms with van der Waals surface area (Å²) in [6.07, 6.45) is 4.65. The molecule has 0 saturated heterocycles. The van der Waals surface area contributed by atoms with Gasteiger partial charge in [0.2, 0.25) is 0 Å². The lowest BCUT2D eigenvalue weighted by atomic mass is 9.92. The first kappa shape index (κ1) is 12.3. The van der Waals surface area contributed by atoms with E-state index in [9.17, 15) is 9.90 Å². The van der Waals surface area contributed by atoms with Gasteiger partial charge in [0.25, 0.3) is 5.91 Å². The number of hydrogen-bond acceptors (Lipinski definition) is 3. The Bertz CT molecular complexity index is 394. The number of halogens is 1. The predicted octanol–water partition coefficient (Wildman–Crippen LogP) is 1.77. The van der Waals surface area contributed by atoms with Gasteiger partial charge < -0.3 is 10.4 Å². The lowest BCUT2D eigenvalue weighted by Crippen LogP contribution is -2.45. The van der Waals surface area contributed by atoms with Crippen LogP contribution >= 0.6 is 11.6 Å². The minimum atomic E-state index is -0.437. The van der Waals surface area contributed by atoms with Gasteiger partial charge in [-0.3, -0.25) is 4.79 Å². The first-order valence-electron chi connectivity index (χ1n) is 5.77. The second-order valence-electron chi connectivity index (χ2n) is 4.30. The molecule has 1 amide bonds. The number of rotatable bonds is 2. The summed E-state index contributed by atoms with van der Waals surface area (Å²) in [6, 6.07) is 3.06. The van der Waals surface area contributed by atoms with Gasteiger partial charge >= 0.3 is 0 Å². The number of nitrogens with zero attached hydrogens (tertiary/aromatic N) is 1. The van der Waals surface area contributed by atoms with Crippen LogP contribution in [0.1, 0.15) is 36.0 Å². The zero-order valence-electron chi connectivity index (χ0n) is 9.40. The number of aliphatic hydroxyl groups excluding tert-OH is 1. The average molecular weight is 255 g/mol. The van der Waals surface area contributed by atoms with E-state index in [-0.39, 0.29) is 11.9 Å². The van der Waals surface area contributed by atoms with Gasteiger partial charge in [-0.05, 0) is 25.0 Å². The van der Waals surface area contributed by atoms with Crippen molar-refractivity contribution in [3.8, 4) is 0 Å². The van der Waals surface area contributed by atoms with Crippen LogP contribution in [0, 0.1) is 0 Å². The third-order valence-electron chi connectivity index (χ3n) is 3.04. The van der Waals surface area contributed by atoms with E-state index in [4.69, 9.17) is 11.6 Å². The van der Waals surface area contributed by atoms with Gasteiger partial charge in [0.05, 0.1) is 17.7 Å². The largest absolute Gasteiger partial charge is 0.391 e. The van der Waals surface area contributed by atoms with E-state index in [1.807, 2.05) is 0 Å². The van der Waals surface area contributed by atoms with Gasteiger partial charge in [-0.15, -0.1) is 0 Å². The van der Waals surface area contributed by atoms with Gasteiger partial charge in [0.1, 0.15) is 5.15 Å². The SMILES string of the molecule is O=C(NC1CCCCC1O)c1ccc(Cl)nc1. The van der Waals surface area contributed by atoms with Crippen LogP contribution in [-0.4, -0.2) is 28.1 Å². The highest BCUT2D eigenvalue weighted by atomic mass is 35.5. The fourth-order valence-electron chi connectivity index (χ4n) is 2.04. The summed E-state index contributed by atoms with van der Waals surface area (Å²) >= 11 is 5.65. The maximum atomic E-state index is 11.9. The number of carbonyl (C=O) groups excluding carboxylic acids is 1. The molecule has 1 fully saturated rings. The molecule has 2 rings (SSSR count). The molecule has 1 aromatic heterocycles. The Balaban J connectivity index is 1.98. The number of nitrogens with one attached hydrogen (secondary N) is 1. The highest BCUT2D eigenvalue weighted by Gasteiger charge is 2.24. The van der Waals surface area contributed by atoms with Crippen molar-refractivity contribution < 1.29 is 9.90 Å². The zero-order chi connectivity index (χ0) is 12.3. The first-order chi connectivity index (χ1) is 8.16. The molecule has 92 valence electrons. The predicted molar refractivity (Wildman–Crippen MR) is 65.0 cm³/mol. The van der Waals surface area contributed by atoms with Crippen molar-refractivity contribution in [1.29, 1.82) is 0 Å². The molecule has 0 aromatic carbocycles. The van der Waals surface area contributed by atoms with Crippen LogP contribution < -0.4 is 5.32 Å². The summed E-state index contributed by atoms with van der Waals surface area (Å²) in [4.78, 5) is 15.7. The molecule has 1 aliphatic carbocycles. The number of hydrogen-bond donors (Lipinski definition) is 2. The van der Waals surface area contributed by atoms with Crippen LogP contribution in [0.25, 0.3) is 0 Å². The third-order valence-corrected chi connectivity index (χ3v) is 3.26. The van der Waals surface area contributed by atoms with Crippen LogP contribution in [-0.2, 0) is 0 Å². The van der Waals surface area contributed by atoms with Crippen molar-refractivity contribution in [3.63, 3.8) is 0 Å². The highest BCUT2D eigenvalue weighted by molar-refractivity contribution is 6.29. The number of aliphatic hydroxyl groups is 1. The van der Waals surface area contributed by atoms with Gasteiger partial charge in [-0.25, -0.2) is 4.98 Å². The van der Waals surface area contributed by atoms with Gasteiger partial charge in [0.15, 0.2) is 0 Å². The molecule has 1 saturated carbocycles. The van der Waals surface area contributed by atoms with Gasteiger partial charge in [0, 0.05) is 6.20 Å². The van der Waals surface area contributed by atoms with Crippen molar-refractivity contribution in [2.45, 2.75) is 37.8 Å². The summed E-state index contributed by atoms with van der Waals surface area (Å²) < 4.78 is 0. The van der Waals surface area contributed by atoms with Crippen molar-refractivity contribution in [1.82, 2.24) is 10.3 Å². The lowest BCUT2D eigenvalue weighted by molar-refractivity contribution is 0.0717. The highest BCUT2D eigenvalue weighted by Crippen LogP contribution is 2.18. The summed E-state index contributed by atoms with van der Waals surface area (Å²) in [5, 5.41) is 13.0. The molecule has 5 heteroatoms. The van der Waals surface area contributed by atoms with Gasteiger partial charge in [-0.1, -0.05) is 24.4 Å². The molecule has 2 unspecified atom stereocenters. The monoisotopic (exact) mass is 254 g/mol. The molecule has 0 spiro atoms. The van der Waals surface area contributed by atoms with E-state index in [1.54, 1.807) is 12.1 Å². The van der Waals surface area contributed by atoms with Crippen LogP contribution in [0.15, 0.2) is 18.3 Å². The molecule has 1 heterocycles. The third kappa shape index (κ3) is 3.17. The second kappa shape index (κ2) is 5.47.